The van der Waals surface area contributed by atoms with Gasteiger partial charge in [-0.05, 0) is 31.9 Å². The average molecular weight is 389 g/mol. The summed E-state index contributed by atoms with van der Waals surface area (Å²) in [5.41, 5.74) is -1.67. The number of amides is 1. The lowest BCUT2D eigenvalue weighted by Crippen LogP contribution is -2.76. The van der Waals surface area contributed by atoms with Crippen LogP contribution in [0.5, 0.6) is 0 Å². The highest BCUT2D eigenvalue weighted by atomic mass is 16.5. The van der Waals surface area contributed by atoms with Gasteiger partial charge in [0.05, 0.1) is 11.7 Å². The van der Waals surface area contributed by atoms with Crippen molar-refractivity contribution in [2.24, 2.45) is 5.41 Å². The van der Waals surface area contributed by atoms with Gasteiger partial charge in [-0.2, -0.15) is 0 Å². The number of hydrogen-bond donors (Lipinski definition) is 2. The Bertz CT molecular complexity index is 711. The number of ether oxygens (including phenoxy) is 1. The zero-order valence-electron chi connectivity index (χ0n) is 17.0. The van der Waals surface area contributed by atoms with E-state index < -0.39 is 22.8 Å². The van der Waals surface area contributed by atoms with Crippen molar-refractivity contribution in [3.8, 4) is 0 Å². The standard InChI is InChI=1S/C21H31N3O4/c1-4-28-16-13-21(19(26)27,20(16,2)3)23-18(25)15-9-10-17(22-14-15)24-11-7-5-6-8-12-24/h9-10,14,16H,4-8,11-13H2,1-3H3,(H,23,25)(H,26,27). The van der Waals surface area contributed by atoms with E-state index in [1.807, 2.05) is 26.8 Å². The second-order valence-corrected chi connectivity index (χ2v) is 8.34. The molecule has 0 aromatic carbocycles. The van der Waals surface area contributed by atoms with Crippen LogP contribution in [-0.4, -0.2) is 53.3 Å². The minimum absolute atomic E-state index is 0.197. The fourth-order valence-electron chi connectivity index (χ4n) is 4.31. The van der Waals surface area contributed by atoms with Gasteiger partial charge in [-0.1, -0.05) is 26.7 Å². The zero-order chi connectivity index (χ0) is 20.4. The first-order valence-electron chi connectivity index (χ1n) is 10.2. The summed E-state index contributed by atoms with van der Waals surface area (Å²) in [6.45, 7) is 8.01. The molecule has 7 heteroatoms. The summed E-state index contributed by atoms with van der Waals surface area (Å²) in [6.07, 6.45) is 6.39. The van der Waals surface area contributed by atoms with Crippen LogP contribution >= 0.6 is 0 Å². The Morgan fingerprint density at radius 2 is 1.93 bits per heavy atom. The van der Waals surface area contributed by atoms with E-state index >= 15 is 0 Å². The maximum atomic E-state index is 12.8. The summed E-state index contributed by atoms with van der Waals surface area (Å²) in [6, 6.07) is 3.58. The van der Waals surface area contributed by atoms with Crippen molar-refractivity contribution in [3.63, 3.8) is 0 Å². The highest BCUT2D eigenvalue weighted by Crippen LogP contribution is 2.51. The van der Waals surface area contributed by atoms with Crippen LogP contribution in [0.3, 0.4) is 0 Å². The molecule has 2 fully saturated rings. The van der Waals surface area contributed by atoms with Crippen LogP contribution in [-0.2, 0) is 9.53 Å². The summed E-state index contributed by atoms with van der Waals surface area (Å²) in [7, 11) is 0. The predicted molar refractivity (Wildman–Crippen MR) is 107 cm³/mol. The molecular formula is C21H31N3O4. The number of pyridine rings is 1. The van der Waals surface area contributed by atoms with Crippen LogP contribution < -0.4 is 10.2 Å². The zero-order valence-corrected chi connectivity index (χ0v) is 17.0. The summed E-state index contributed by atoms with van der Waals surface area (Å²) in [4.78, 5) is 31.5. The second kappa shape index (κ2) is 8.07. The molecule has 1 aliphatic carbocycles. The fourth-order valence-corrected chi connectivity index (χ4v) is 4.31. The highest BCUT2D eigenvalue weighted by Gasteiger charge is 2.66. The van der Waals surface area contributed by atoms with E-state index in [9.17, 15) is 14.7 Å². The van der Waals surface area contributed by atoms with Crippen LogP contribution in [0.15, 0.2) is 18.3 Å². The number of aromatic nitrogens is 1. The smallest absolute Gasteiger partial charge is 0.330 e. The molecule has 7 nitrogen and oxygen atoms in total. The van der Waals surface area contributed by atoms with Crippen molar-refractivity contribution in [2.75, 3.05) is 24.6 Å². The first kappa shape index (κ1) is 20.6. The van der Waals surface area contributed by atoms with Crippen molar-refractivity contribution in [3.05, 3.63) is 23.9 Å². The van der Waals surface area contributed by atoms with Gasteiger partial charge >= 0.3 is 5.97 Å². The number of nitrogens with zero attached hydrogens (tertiary/aromatic N) is 2. The van der Waals surface area contributed by atoms with Gasteiger partial charge in [-0.3, -0.25) is 4.79 Å². The monoisotopic (exact) mass is 389 g/mol. The van der Waals surface area contributed by atoms with E-state index in [-0.39, 0.29) is 12.5 Å². The largest absolute Gasteiger partial charge is 0.479 e. The molecule has 154 valence electrons. The summed E-state index contributed by atoms with van der Waals surface area (Å²) in [5, 5.41) is 12.6. The van der Waals surface area contributed by atoms with Crippen molar-refractivity contribution in [2.45, 2.75) is 64.5 Å². The van der Waals surface area contributed by atoms with E-state index in [1.165, 1.54) is 19.0 Å². The van der Waals surface area contributed by atoms with Crippen molar-refractivity contribution in [1.29, 1.82) is 0 Å². The number of anilines is 1. The SMILES string of the molecule is CCOC1CC(NC(=O)c2ccc(N3CCCCCC3)nc2)(C(=O)O)C1(C)C. The Morgan fingerprint density at radius 1 is 1.25 bits per heavy atom. The van der Waals surface area contributed by atoms with Gasteiger partial charge in [0.2, 0.25) is 0 Å². The first-order valence-corrected chi connectivity index (χ1v) is 10.2. The minimum atomic E-state index is -1.34. The lowest BCUT2D eigenvalue weighted by Gasteiger charge is -2.58. The maximum absolute atomic E-state index is 12.8. The van der Waals surface area contributed by atoms with Crippen LogP contribution in [0.25, 0.3) is 0 Å². The number of rotatable bonds is 6. The summed E-state index contributed by atoms with van der Waals surface area (Å²) < 4.78 is 5.65. The molecule has 2 heterocycles. The average Bonchev–Trinajstić information content (AvgIpc) is 2.96. The summed E-state index contributed by atoms with van der Waals surface area (Å²) >= 11 is 0. The number of nitrogens with one attached hydrogen (secondary N) is 1. The molecule has 2 atom stereocenters. The molecule has 2 aliphatic rings. The minimum Gasteiger partial charge on any atom is -0.479 e. The van der Waals surface area contributed by atoms with Gasteiger partial charge in [-0.25, -0.2) is 9.78 Å². The van der Waals surface area contributed by atoms with E-state index in [0.29, 0.717) is 12.2 Å². The number of carbonyl (C=O) groups excluding carboxylic acids is 1. The number of carboxylic acids is 1. The highest BCUT2D eigenvalue weighted by molar-refractivity contribution is 5.98. The lowest BCUT2D eigenvalue weighted by molar-refractivity contribution is -0.190. The molecule has 1 aliphatic heterocycles. The Balaban J connectivity index is 1.72. The number of aliphatic carboxylic acids is 1. The molecule has 0 spiro atoms. The van der Waals surface area contributed by atoms with Crippen molar-refractivity contribution >= 4 is 17.7 Å². The summed E-state index contributed by atoms with van der Waals surface area (Å²) in [5.74, 6) is -0.580. The topological polar surface area (TPSA) is 91.8 Å². The maximum Gasteiger partial charge on any atom is 0.330 e. The van der Waals surface area contributed by atoms with Crippen LogP contribution in [0.4, 0.5) is 5.82 Å². The predicted octanol–water partition coefficient (Wildman–Crippen LogP) is 2.85. The van der Waals surface area contributed by atoms with E-state index in [2.05, 4.69) is 15.2 Å². The van der Waals surface area contributed by atoms with Crippen LogP contribution in [0, 0.1) is 5.41 Å². The third-order valence-corrected chi connectivity index (χ3v) is 6.40. The van der Waals surface area contributed by atoms with E-state index in [4.69, 9.17) is 4.74 Å². The second-order valence-electron chi connectivity index (χ2n) is 8.34. The third-order valence-electron chi connectivity index (χ3n) is 6.40. The van der Waals surface area contributed by atoms with Crippen LogP contribution in [0.1, 0.15) is 63.2 Å². The third kappa shape index (κ3) is 3.60. The molecule has 0 radical (unpaired) electrons. The van der Waals surface area contributed by atoms with Gasteiger partial charge in [0.15, 0.2) is 0 Å². The Kier molecular flexibility index (Phi) is 5.93. The molecule has 28 heavy (non-hydrogen) atoms. The van der Waals surface area contributed by atoms with Gasteiger partial charge in [0.25, 0.3) is 5.91 Å². The molecule has 3 rings (SSSR count). The van der Waals surface area contributed by atoms with Crippen molar-refractivity contribution < 1.29 is 19.4 Å². The number of hydrogen-bond acceptors (Lipinski definition) is 5. The molecule has 2 N–H and O–H groups in total. The Morgan fingerprint density at radius 3 is 2.43 bits per heavy atom. The Hall–Kier alpha value is -2.15. The molecule has 1 aromatic heterocycles. The molecule has 2 unspecified atom stereocenters. The van der Waals surface area contributed by atoms with E-state index in [1.54, 1.807) is 6.07 Å². The lowest BCUT2D eigenvalue weighted by atomic mass is 9.54. The van der Waals surface area contributed by atoms with Gasteiger partial charge in [0.1, 0.15) is 11.4 Å². The number of carbonyl (C=O) groups is 2. The van der Waals surface area contributed by atoms with Gasteiger partial charge in [0, 0.05) is 37.7 Å². The van der Waals surface area contributed by atoms with Gasteiger partial charge < -0.3 is 20.1 Å². The molecule has 1 aromatic rings. The molecule has 1 amide bonds. The normalized spacial score (nSPS) is 26.8. The van der Waals surface area contributed by atoms with Crippen LogP contribution in [0.2, 0.25) is 0 Å². The fraction of sp³-hybridized carbons (Fsp3) is 0.667. The first-order chi connectivity index (χ1) is 13.3. The van der Waals surface area contributed by atoms with E-state index in [0.717, 1.165) is 31.7 Å². The molecule has 0 bridgehead atoms. The number of carboxylic acid groups (broad SMARTS) is 1. The quantitative estimate of drug-likeness (QED) is 0.777. The molecular weight excluding hydrogens is 358 g/mol. The van der Waals surface area contributed by atoms with Crippen molar-refractivity contribution in [1.82, 2.24) is 10.3 Å². The molecule has 1 saturated carbocycles. The van der Waals surface area contributed by atoms with Gasteiger partial charge in [-0.15, -0.1) is 0 Å². The Labute approximate surface area is 166 Å². The molecule has 1 saturated heterocycles.